The van der Waals surface area contributed by atoms with Gasteiger partial charge in [-0.25, -0.2) is 0 Å². The molecule has 2 heterocycles. The minimum absolute atomic E-state index is 0.286. The van der Waals surface area contributed by atoms with Crippen molar-refractivity contribution in [3.8, 4) is 0 Å². The summed E-state index contributed by atoms with van der Waals surface area (Å²) in [5, 5.41) is 0. The molecule has 0 unspecified atom stereocenters. The van der Waals surface area contributed by atoms with Crippen molar-refractivity contribution in [3.05, 3.63) is 36.2 Å². The number of allylic oxidation sites excluding steroid dienone is 4. The fourth-order valence-corrected chi connectivity index (χ4v) is 1.29. The number of Topliss-reactive ketones (excluding diaryl/α,β-unsaturated/α-hetero) is 1. The molecule has 88 valence electrons. The zero-order chi connectivity index (χ0) is 12.2. The van der Waals surface area contributed by atoms with E-state index in [1.165, 1.54) is 0 Å². The van der Waals surface area contributed by atoms with Crippen LogP contribution in [0.25, 0.3) is 0 Å². The van der Waals surface area contributed by atoms with Crippen molar-refractivity contribution in [2.75, 3.05) is 6.54 Å². The van der Waals surface area contributed by atoms with Crippen molar-refractivity contribution in [2.24, 2.45) is 0 Å². The highest BCUT2D eigenvalue weighted by atomic mass is 19.5. The van der Waals surface area contributed by atoms with E-state index in [9.17, 15) is 22.1 Å². The lowest BCUT2D eigenvalue weighted by Gasteiger charge is -2.25. The highest BCUT2D eigenvalue weighted by Gasteiger charge is 2.20. The molecule has 0 saturated carbocycles. The Morgan fingerprint density at radius 3 is 2.44 bits per heavy atom. The van der Waals surface area contributed by atoms with Crippen LogP contribution in [0.5, 0.6) is 0 Å². The Labute approximate surface area is 90.0 Å². The molecular weight excluding hydrogens is 225 g/mol. The predicted octanol–water partition coefficient (Wildman–Crippen LogP) is 2.53. The summed E-state index contributed by atoms with van der Waals surface area (Å²) in [6.07, 6.45) is 10.4. The molecule has 0 aliphatic carbocycles. The van der Waals surface area contributed by atoms with Gasteiger partial charge in [0.05, 0.1) is 6.54 Å². The third-order valence-electron chi connectivity index (χ3n) is 1.86. The van der Waals surface area contributed by atoms with Crippen molar-refractivity contribution in [2.45, 2.75) is 6.42 Å². The largest absolute Gasteiger partial charge is 0.673 e. The summed E-state index contributed by atoms with van der Waals surface area (Å²) < 4.78 is 39.0. The monoisotopic (exact) mass is 234 g/mol. The number of nitrogens with zero attached hydrogens (tertiary/aromatic N) is 1. The Morgan fingerprint density at radius 2 is 1.81 bits per heavy atom. The van der Waals surface area contributed by atoms with Gasteiger partial charge in [-0.15, -0.1) is 0 Å². The summed E-state index contributed by atoms with van der Waals surface area (Å²) in [7, 11) is -6.00. The maximum absolute atomic E-state index is 11.0. The van der Waals surface area contributed by atoms with Gasteiger partial charge in [0.1, 0.15) is 0 Å². The molecule has 7 heteroatoms. The zero-order valence-corrected chi connectivity index (χ0v) is 8.25. The van der Waals surface area contributed by atoms with Gasteiger partial charge >= 0.3 is 7.25 Å². The number of hydrogen-bond donors (Lipinski definition) is 0. The smallest absolute Gasteiger partial charge is 0.418 e. The molecule has 16 heavy (non-hydrogen) atoms. The molecule has 0 aromatic carbocycles. The van der Waals surface area contributed by atoms with E-state index in [0.29, 0.717) is 13.0 Å². The predicted molar refractivity (Wildman–Crippen MR) is 52.9 cm³/mol. The lowest BCUT2D eigenvalue weighted by molar-refractivity contribution is -0.119. The van der Waals surface area contributed by atoms with Crippen molar-refractivity contribution >= 4 is 13.0 Å². The first-order chi connectivity index (χ1) is 7.36. The number of fused-ring (bicyclic) bond motifs is 1. The standard InChI is InChI=1S/C9H9NO.BF4/c11-9-5-4-8-3-1-2-6-10(8)7-9;2-1(3,4)5/h1-4,6H,5,7H2;/q;-1. The van der Waals surface area contributed by atoms with Gasteiger partial charge in [-0.2, -0.15) is 0 Å². The van der Waals surface area contributed by atoms with Crippen LogP contribution in [0.1, 0.15) is 6.42 Å². The second-order valence-corrected chi connectivity index (χ2v) is 3.20. The molecule has 0 fully saturated rings. The molecule has 0 aromatic rings. The molecule has 0 amide bonds. The van der Waals surface area contributed by atoms with Crippen LogP contribution in [0.4, 0.5) is 17.3 Å². The quantitative estimate of drug-likeness (QED) is 0.474. The van der Waals surface area contributed by atoms with Crippen LogP contribution in [-0.4, -0.2) is 24.5 Å². The molecule has 2 nitrogen and oxygen atoms in total. The van der Waals surface area contributed by atoms with Crippen molar-refractivity contribution < 1.29 is 22.1 Å². The van der Waals surface area contributed by atoms with Crippen LogP contribution in [0.15, 0.2) is 36.2 Å². The molecule has 0 atom stereocenters. The molecule has 2 rings (SSSR count). The summed E-state index contributed by atoms with van der Waals surface area (Å²) in [5.41, 5.74) is 1.15. The Balaban J connectivity index is 0.000000221. The maximum atomic E-state index is 11.0. The summed E-state index contributed by atoms with van der Waals surface area (Å²) >= 11 is 0. The average Bonchev–Trinajstić information content (AvgIpc) is 2.15. The van der Waals surface area contributed by atoms with E-state index in [4.69, 9.17) is 0 Å². The van der Waals surface area contributed by atoms with Crippen LogP contribution in [0.3, 0.4) is 0 Å². The van der Waals surface area contributed by atoms with Gasteiger partial charge in [-0.1, -0.05) is 12.2 Å². The maximum Gasteiger partial charge on any atom is 0.673 e. The number of rotatable bonds is 0. The van der Waals surface area contributed by atoms with Gasteiger partial charge in [0.15, 0.2) is 5.78 Å². The third kappa shape index (κ3) is 4.81. The Morgan fingerprint density at radius 1 is 1.19 bits per heavy atom. The van der Waals surface area contributed by atoms with Gasteiger partial charge < -0.3 is 22.2 Å². The van der Waals surface area contributed by atoms with Gasteiger partial charge in [0.2, 0.25) is 0 Å². The van der Waals surface area contributed by atoms with E-state index >= 15 is 0 Å². The summed E-state index contributed by atoms with van der Waals surface area (Å²) in [5.74, 6) is 0.286. The highest BCUT2D eigenvalue weighted by Crippen LogP contribution is 2.17. The molecule has 0 aromatic heterocycles. The molecule has 2 aliphatic rings. The lowest BCUT2D eigenvalue weighted by Crippen LogP contribution is -2.28. The van der Waals surface area contributed by atoms with E-state index in [1.807, 2.05) is 35.4 Å². The summed E-state index contributed by atoms with van der Waals surface area (Å²) in [4.78, 5) is 12.9. The molecule has 0 saturated heterocycles. The van der Waals surface area contributed by atoms with E-state index in [2.05, 4.69) is 0 Å². The number of hydrogen-bond acceptors (Lipinski definition) is 2. The van der Waals surface area contributed by atoms with Crippen LogP contribution < -0.4 is 0 Å². The van der Waals surface area contributed by atoms with Gasteiger partial charge in [0.25, 0.3) is 0 Å². The second-order valence-electron chi connectivity index (χ2n) is 3.20. The van der Waals surface area contributed by atoms with Gasteiger partial charge in [-0.3, -0.25) is 4.79 Å². The summed E-state index contributed by atoms with van der Waals surface area (Å²) in [6, 6.07) is 0. The number of halogens is 4. The Hall–Kier alpha value is -1.53. The number of carbonyl (C=O) groups excluding carboxylic acids is 1. The number of ketones is 1. The van der Waals surface area contributed by atoms with Crippen LogP contribution in [-0.2, 0) is 4.79 Å². The van der Waals surface area contributed by atoms with Crippen LogP contribution in [0.2, 0.25) is 0 Å². The van der Waals surface area contributed by atoms with Crippen molar-refractivity contribution in [3.63, 3.8) is 0 Å². The molecule has 0 radical (unpaired) electrons. The first-order valence-electron chi connectivity index (χ1n) is 4.57. The summed E-state index contributed by atoms with van der Waals surface area (Å²) in [6.45, 7) is 0.534. The minimum atomic E-state index is -6.00. The van der Waals surface area contributed by atoms with Crippen molar-refractivity contribution in [1.82, 2.24) is 4.90 Å². The van der Waals surface area contributed by atoms with Crippen LogP contribution in [0, 0.1) is 0 Å². The number of carbonyl (C=O) groups is 1. The van der Waals surface area contributed by atoms with Crippen molar-refractivity contribution in [1.29, 1.82) is 0 Å². The van der Waals surface area contributed by atoms with Gasteiger partial charge in [0, 0.05) is 18.3 Å². The van der Waals surface area contributed by atoms with E-state index in [-0.39, 0.29) is 5.78 Å². The molecule has 2 aliphatic heterocycles. The topological polar surface area (TPSA) is 20.3 Å². The lowest BCUT2D eigenvalue weighted by atomic mass is 10.1. The third-order valence-corrected chi connectivity index (χ3v) is 1.86. The molecule has 0 N–H and O–H groups in total. The first-order valence-corrected chi connectivity index (χ1v) is 4.57. The fraction of sp³-hybridized carbons (Fsp3) is 0.222. The Bertz CT molecular complexity index is 353. The minimum Gasteiger partial charge on any atom is -0.418 e. The first kappa shape index (κ1) is 12.5. The van der Waals surface area contributed by atoms with E-state index in [0.717, 1.165) is 5.70 Å². The average molecular weight is 234 g/mol. The zero-order valence-electron chi connectivity index (χ0n) is 8.25. The second kappa shape index (κ2) is 5.00. The van der Waals surface area contributed by atoms with Crippen LogP contribution >= 0.6 is 0 Å². The molecule has 0 spiro atoms. The van der Waals surface area contributed by atoms with E-state index < -0.39 is 7.25 Å². The molecule has 0 bridgehead atoms. The highest BCUT2D eigenvalue weighted by molar-refractivity contribution is 6.50. The van der Waals surface area contributed by atoms with Gasteiger partial charge in [-0.05, 0) is 12.2 Å². The van der Waals surface area contributed by atoms with E-state index in [1.54, 1.807) is 0 Å². The Kier molecular flexibility index (Phi) is 3.92. The SMILES string of the molecule is F[B-](F)(F)F.O=C1CC=C2C=CC=CN2C1. The normalized spacial score (nSPS) is 18.6. The fourth-order valence-electron chi connectivity index (χ4n) is 1.29. The molecular formula is C9H9BF4NO-.